The Balaban J connectivity index is 1.39. The fraction of sp³-hybridized carbons (Fsp3) is 0.280. The summed E-state index contributed by atoms with van der Waals surface area (Å²) in [6.07, 6.45) is 7.12. The summed E-state index contributed by atoms with van der Waals surface area (Å²) in [6, 6.07) is 11.3. The van der Waals surface area contributed by atoms with Crippen molar-refractivity contribution in [3.63, 3.8) is 0 Å². The van der Waals surface area contributed by atoms with Crippen molar-refractivity contribution in [3.8, 4) is 22.9 Å². The predicted molar refractivity (Wildman–Crippen MR) is 133 cm³/mol. The van der Waals surface area contributed by atoms with Gasteiger partial charge >= 0.3 is 0 Å². The van der Waals surface area contributed by atoms with Gasteiger partial charge in [-0.1, -0.05) is 17.7 Å². The molecule has 1 N–H and O–H groups in total. The third-order valence-corrected chi connectivity index (χ3v) is 6.32. The van der Waals surface area contributed by atoms with E-state index in [1.165, 1.54) is 0 Å². The Labute approximate surface area is 207 Å². The van der Waals surface area contributed by atoms with Crippen molar-refractivity contribution in [2.75, 3.05) is 25.6 Å². The molecule has 0 bridgehead atoms. The lowest BCUT2D eigenvalue weighted by molar-refractivity contribution is -0.130. The van der Waals surface area contributed by atoms with Crippen molar-refractivity contribution in [1.82, 2.24) is 24.3 Å². The zero-order valence-electron chi connectivity index (χ0n) is 19.4. The normalized spacial score (nSPS) is 15.4. The molecule has 1 aliphatic heterocycles. The van der Waals surface area contributed by atoms with E-state index < -0.39 is 0 Å². The van der Waals surface area contributed by atoms with Crippen LogP contribution in [0.15, 0.2) is 55.0 Å². The lowest BCUT2D eigenvalue weighted by atomic mass is 10.2. The molecule has 0 radical (unpaired) electrons. The van der Waals surface area contributed by atoms with Crippen LogP contribution in [-0.4, -0.2) is 56.5 Å². The van der Waals surface area contributed by atoms with Crippen LogP contribution in [0.25, 0.3) is 17.0 Å². The minimum Gasteiger partial charge on any atom is -0.495 e. The second kappa shape index (κ2) is 9.79. The lowest BCUT2D eigenvalue weighted by Crippen LogP contribution is -2.37. The van der Waals surface area contributed by atoms with Gasteiger partial charge in [0.2, 0.25) is 11.9 Å². The lowest BCUT2D eigenvalue weighted by Gasteiger charge is -2.23. The number of benzene rings is 1. The van der Waals surface area contributed by atoms with Crippen LogP contribution in [0.1, 0.15) is 19.8 Å². The van der Waals surface area contributed by atoms with Gasteiger partial charge in [-0.15, -0.1) is 0 Å². The quantitative estimate of drug-likeness (QED) is 0.403. The smallest absolute Gasteiger partial charge is 0.227 e. The van der Waals surface area contributed by atoms with Crippen LogP contribution in [0.3, 0.4) is 0 Å². The monoisotopic (exact) mass is 492 g/mol. The molecule has 0 saturated carbocycles. The molecule has 1 aromatic carbocycles. The number of pyridine rings is 1. The molecule has 1 saturated heterocycles. The maximum atomic E-state index is 11.8. The second-order valence-electron chi connectivity index (χ2n) is 8.27. The third-order valence-electron chi connectivity index (χ3n) is 6.05. The number of carbonyl (C=O) groups excluding carboxylic acids is 1. The Morgan fingerprint density at radius 1 is 1.23 bits per heavy atom. The summed E-state index contributed by atoms with van der Waals surface area (Å²) in [5, 5.41) is 3.63. The Morgan fingerprint density at radius 2 is 2.11 bits per heavy atom. The van der Waals surface area contributed by atoms with Crippen LogP contribution in [0.4, 0.5) is 11.6 Å². The van der Waals surface area contributed by atoms with Gasteiger partial charge in [-0.2, -0.15) is 0 Å². The van der Waals surface area contributed by atoms with E-state index >= 15 is 0 Å². The number of carbonyl (C=O) groups is 1. The number of nitrogens with one attached hydrogen (secondary N) is 1. The summed E-state index contributed by atoms with van der Waals surface area (Å²) in [4.78, 5) is 27.1. The number of halogens is 1. The Bertz CT molecular complexity index is 1370. The molecule has 4 aromatic rings. The maximum Gasteiger partial charge on any atom is 0.227 e. The number of hydrogen-bond acceptors (Lipinski definition) is 7. The van der Waals surface area contributed by atoms with Crippen LogP contribution >= 0.6 is 11.6 Å². The minimum atomic E-state index is 0.0786. The van der Waals surface area contributed by atoms with Crippen LogP contribution in [-0.2, 0) is 4.79 Å². The van der Waals surface area contributed by atoms with Gasteiger partial charge in [-0.3, -0.25) is 9.20 Å². The largest absolute Gasteiger partial charge is 0.495 e. The molecule has 1 unspecified atom stereocenters. The standard InChI is InChI=1S/C25H25ClN6O3/c1-16(33)31-11-5-6-17(31)15-35-18-8-9-22(34-2)20(12-18)29-25-28-13-19(26)24(30-25)21-14-27-23-7-3-4-10-32(21)23/h3-4,7-10,12-14,17H,5-6,11,15H2,1-2H3,(H,28,29,30). The molecule has 5 rings (SSSR count). The van der Waals surface area contributed by atoms with Crippen LogP contribution in [0.5, 0.6) is 11.5 Å². The van der Waals surface area contributed by atoms with Crippen LogP contribution < -0.4 is 14.8 Å². The molecule has 0 aliphatic carbocycles. The number of methoxy groups -OCH3 is 1. The summed E-state index contributed by atoms with van der Waals surface area (Å²) in [5.41, 5.74) is 2.75. The number of anilines is 2. The van der Waals surface area contributed by atoms with Crippen molar-refractivity contribution >= 4 is 34.8 Å². The van der Waals surface area contributed by atoms with Crippen molar-refractivity contribution in [1.29, 1.82) is 0 Å². The van der Waals surface area contributed by atoms with E-state index in [-0.39, 0.29) is 11.9 Å². The van der Waals surface area contributed by atoms with Gasteiger partial charge in [0.15, 0.2) is 0 Å². The second-order valence-corrected chi connectivity index (χ2v) is 8.68. The van der Waals surface area contributed by atoms with Crippen molar-refractivity contribution in [2.24, 2.45) is 0 Å². The number of imidazole rings is 1. The molecular formula is C25H25ClN6O3. The highest BCUT2D eigenvalue weighted by Gasteiger charge is 2.27. The first kappa shape index (κ1) is 22.9. The molecular weight excluding hydrogens is 468 g/mol. The van der Waals surface area contributed by atoms with E-state index in [0.29, 0.717) is 40.5 Å². The van der Waals surface area contributed by atoms with Gasteiger partial charge in [0.1, 0.15) is 29.4 Å². The fourth-order valence-electron chi connectivity index (χ4n) is 4.33. The summed E-state index contributed by atoms with van der Waals surface area (Å²) in [5.74, 6) is 1.69. The van der Waals surface area contributed by atoms with E-state index in [1.807, 2.05) is 51.9 Å². The van der Waals surface area contributed by atoms with Crippen molar-refractivity contribution < 1.29 is 14.3 Å². The summed E-state index contributed by atoms with van der Waals surface area (Å²) < 4.78 is 13.5. The Hall–Kier alpha value is -3.85. The van der Waals surface area contributed by atoms with Crippen molar-refractivity contribution in [3.05, 3.63) is 60.0 Å². The molecule has 1 aliphatic rings. The fourth-order valence-corrected chi connectivity index (χ4v) is 4.51. The minimum absolute atomic E-state index is 0.0786. The molecule has 4 heterocycles. The summed E-state index contributed by atoms with van der Waals surface area (Å²) in [7, 11) is 1.59. The van der Waals surface area contributed by atoms with Crippen molar-refractivity contribution in [2.45, 2.75) is 25.8 Å². The number of fused-ring (bicyclic) bond motifs is 1. The zero-order chi connectivity index (χ0) is 24.4. The number of nitrogens with zero attached hydrogens (tertiary/aromatic N) is 5. The highest BCUT2D eigenvalue weighted by Crippen LogP contribution is 2.33. The first-order valence-electron chi connectivity index (χ1n) is 11.3. The average molecular weight is 493 g/mol. The van der Waals surface area contributed by atoms with E-state index in [4.69, 9.17) is 21.1 Å². The van der Waals surface area contributed by atoms with Gasteiger partial charge in [0.05, 0.1) is 41.9 Å². The number of amides is 1. The number of rotatable bonds is 7. The van der Waals surface area contributed by atoms with Crippen LogP contribution in [0, 0.1) is 0 Å². The van der Waals surface area contributed by atoms with Crippen LogP contribution in [0.2, 0.25) is 5.02 Å². The molecule has 1 fully saturated rings. The molecule has 1 amide bonds. The molecule has 0 spiro atoms. The SMILES string of the molecule is COc1ccc(OCC2CCCN2C(C)=O)cc1Nc1ncc(Cl)c(-c2cnc3ccccn23)n1. The Morgan fingerprint density at radius 3 is 2.94 bits per heavy atom. The number of likely N-dealkylation sites (tertiary alicyclic amines) is 1. The molecule has 35 heavy (non-hydrogen) atoms. The number of hydrogen-bond donors (Lipinski definition) is 1. The molecule has 10 heteroatoms. The molecule has 3 aromatic heterocycles. The molecule has 180 valence electrons. The highest BCUT2D eigenvalue weighted by atomic mass is 35.5. The van der Waals surface area contributed by atoms with Gasteiger partial charge in [-0.05, 0) is 37.1 Å². The third kappa shape index (κ3) is 4.72. The van der Waals surface area contributed by atoms with E-state index in [2.05, 4.69) is 20.3 Å². The van der Waals surface area contributed by atoms with Gasteiger partial charge in [0.25, 0.3) is 0 Å². The van der Waals surface area contributed by atoms with Gasteiger partial charge < -0.3 is 19.7 Å². The van der Waals surface area contributed by atoms with E-state index in [0.717, 1.165) is 30.7 Å². The first-order valence-corrected chi connectivity index (χ1v) is 11.7. The topological polar surface area (TPSA) is 93.9 Å². The number of aromatic nitrogens is 4. The predicted octanol–water partition coefficient (Wildman–Crippen LogP) is 4.59. The molecule has 9 nitrogen and oxygen atoms in total. The zero-order valence-corrected chi connectivity index (χ0v) is 20.2. The number of ether oxygens (including phenoxy) is 2. The van der Waals surface area contributed by atoms with E-state index in [9.17, 15) is 4.79 Å². The summed E-state index contributed by atoms with van der Waals surface area (Å²) >= 11 is 6.45. The Kier molecular flexibility index (Phi) is 6.41. The maximum absolute atomic E-state index is 11.8. The highest BCUT2D eigenvalue weighted by molar-refractivity contribution is 6.32. The average Bonchev–Trinajstić information content (AvgIpc) is 3.51. The molecule has 1 atom stereocenters. The van der Waals surface area contributed by atoms with Gasteiger partial charge in [0, 0.05) is 25.7 Å². The van der Waals surface area contributed by atoms with E-state index in [1.54, 1.807) is 26.4 Å². The first-order chi connectivity index (χ1) is 17.0. The van der Waals surface area contributed by atoms with Gasteiger partial charge in [-0.25, -0.2) is 15.0 Å². The summed E-state index contributed by atoms with van der Waals surface area (Å²) in [6.45, 7) is 2.81.